The number of halogens is 2. The lowest BCUT2D eigenvalue weighted by Gasteiger charge is -2.10. The summed E-state index contributed by atoms with van der Waals surface area (Å²) in [7, 11) is -3.34. The third kappa shape index (κ3) is 10.4. The second kappa shape index (κ2) is 14.5. The average molecular weight is 538 g/mol. The van der Waals surface area contributed by atoms with Crippen molar-refractivity contribution in [2.75, 3.05) is 5.34 Å². The summed E-state index contributed by atoms with van der Waals surface area (Å²) < 4.78 is 23.8. The summed E-state index contributed by atoms with van der Waals surface area (Å²) in [6.07, 6.45) is 0. The highest BCUT2D eigenvalue weighted by Gasteiger charge is 2.21. The standard InChI is InChI=1S/C11H14O4S.C11H14O2S.CH2Cl2/c1-7(2)16(14,15)10-5-4-9(11(12)13)6-8(10)3;1-7(2)14-10-5-4-9(11(12)13)6-8(10)3;2-1-3/h4-7H,1-3H3,(H,12,13);4-7H,1-3H3,(H,12,13);1H2. The number of benzene rings is 2. The fourth-order valence-corrected chi connectivity index (χ4v) is 4.70. The first-order chi connectivity index (χ1) is 15.2. The molecule has 33 heavy (non-hydrogen) atoms. The lowest BCUT2D eigenvalue weighted by atomic mass is 10.1. The predicted octanol–water partition coefficient (Wildman–Crippen LogP) is 6.49. The summed E-state index contributed by atoms with van der Waals surface area (Å²) in [6.45, 7) is 11.0. The lowest BCUT2D eigenvalue weighted by molar-refractivity contribution is 0.0686. The van der Waals surface area contributed by atoms with Gasteiger partial charge in [-0.1, -0.05) is 13.8 Å². The van der Waals surface area contributed by atoms with Crippen LogP contribution in [0, 0.1) is 13.8 Å². The van der Waals surface area contributed by atoms with Crippen LogP contribution in [0.15, 0.2) is 46.2 Å². The summed E-state index contributed by atoms with van der Waals surface area (Å²) in [4.78, 5) is 22.7. The topological polar surface area (TPSA) is 109 Å². The van der Waals surface area contributed by atoms with Crippen LogP contribution >= 0.6 is 35.0 Å². The van der Waals surface area contributed by atoms with E-state index >= 15 is 0 Å². The van der Waals surface area contributed by atoms with E-state index in [1.165, 1.54) is 18.2 Å². The van der Waals surface area contributed by atoms with Crippen molar-refractivity contribution in [2.24, 2.45) is 0 Å². The van der Waals surface area contributed by atoms with Gasteiger partial charge in [-0.2, -0.15) is 0 Å². The SMILES string of the molecule is Cc1cc(C(=O)O)ccc1S(=O)(=O)C(C)C.Cc1cc(C(=O)O)ccc1SC(C)C.ClCCl. The summed E-state index contributed by atoms with van der Waals surface area (Å²) in [5.74, 6) is -1.93. The number of aryl methyl sites for hydroxylation is 2. The van der Waals surface area contributed by atoms with E-state index in [0.29, 0.717) is 16.4 Å². The molecule has 2 N–H and O–H groups in total. The fourth-order valence-electron chi connectivity index (χ4n) is 2.52. The Kier molecular flexibility index (Phi) is 13.7. The second-order valence-corrected chi connectivity index (χ2v) is 12.3. The van der Waals surface area contributed by atoms with Gasteiger partial charge in [-0.3, -0.25) is 0 Å². The van der Waals surface area contributed by atoms with Crippen molar-refractivity contribution in [3.05, 3.63) is 58.7 Å². The Hall–Kier alpha value is -1.74. The molecule has 2 aromatic rings. The number of carboxylic acids is 2. The molecule has 0 fully saturated rings. The van der Waals surface area contributed by atoms with Crippen molar-refractivity contribution in [3.63, 3.8) is 0 Å². The van der Waals surface area contributed by atoms with Gasteiger partial charge in [0.2, 0.25) is 0 Å². The molecule has 0 amide bonds. The number of carbonyl (C=O) groups is 2. The van der Waals surface area contributed by atoms with Gasteiger partial charge in [0.1, 0.15) is 0 Å². The van der Waals surface area contributed by atoms with E-state index in [2.05, 4.69) is 13.8 Å². The summed E-state index contributed by atoms with van der Waals surface area (Å²) >= 11 is 11.3. The Balaban J connectivity index is 0.000000558. The molecular weight excluding hydrogens is 507 g/mol. The molecule has 0 saturated carbocycles. The van der Waals surface area contributed by atoms with E-state index in [9.17, 15) is 18.0 Å². The normalized spacial score (nSPS) is 10.7. The zero-order chi connectivity index (χ0) is 25.9. The van der Waals surface area contributed by atoms with Gasteiger partial charge in [-0.25, -0.2) is 18.0 Å². The van der Waals surface area contributed by atoms with Gasteiger partial charge >= 0.3 is 11.9 Å². The quantitative estimate of drug-likeness (QED) is 0.320. The van der Waals surface area contributed by atoms with Crippen molar-refractivity contribution in [3.8, 4) is 0 Å². The molecule has 0 aliphatic heterocycles. The zero-order valence-electron chi connectivity index (χ0n) is 19.4. The van der Waals surface area contributed by atoms with E-state index < -0.39 is 27.0 Å². The Morgan fingerprint density at radius 2 is 1.30 bits per heavy atom. The molecule has 0 atom stereocenters. The zero-order valence-corrected chi connectivity index (χ0v) is 22.6. The number of alkyl halides is 2. The Morgan fingerprint density at radius 3 is 1.64 bits per heavy atom. The number of aromatic carboxylic acids is 2. The highest BCUT2D eigenvalue weighted by molar-refractivity contribution is 8.00. The van der Waals surface area contributed by atoms with Gasteiger partial charge in [0, 0.05) is 10.1 Å². The Morgan fingerprint density at radius 1 is 0.879 bits per heavy atom. The number of hydrogen-bond acceptors (Lipinski definition) is 5. The number of rotatable bonds is 6. The average Bonchev–Trinajstić information content (AvgIpc) is 2.69. The minimum Gasteiger partial charge on any atom is -0.478 e. The molecule has 0 aromatic heterocycles. The van der Waals surface area contributed by atoms with Crippen LogP contribution in [-0.2, 0) is 9.84 Å². The van der Waals surface area contributed by atoms with E-state index in [0.717, 1.165) is 10.5 Å². The van der Waals surface area contributed by atoms with E-state index in [1.807, 2.05) is 13.0 Å². The van der Waals surface area contributed by atoms with Crippen molar-refractivity contribution >= 4 is 56.7 Å². The minimum absolute atomic E-state index is 0.0974. The Bertz CT molecular complexity index is 1050. The highest BCUT2D eigenvalue weighted by atomic mass is 35.5. The van der Waals surface area contributed by atoms with E-state index in [1.54, 1.807) is 44.7 Å². The number of hydrogen-bond donors (Lipinski definition) is 2. The molecule has 0 spiro atoms. The first kappa shape index (κ1) is 31.3. The maximum atomic E-state index is 11.9. The van der Waals surface area contributed by atoms with Crippen LogP contribution in [0.1, 0.15) is 59.5 Å². The molecule has 0 saturated heterocycles. The van der Waals surface area contributed by atoms with Gasteiger partial charge < -0.3 is 10.2 Å². The maximum absolute atomic E-state index is 11.9. The van der Waals surface area contributed by atoms with Crippen molar-refractivity contribution in [2.45, 2.75) is 61.8 Å². The molecule has 2 rings (SSSR count). The predicted molar refractivity (Wildman–Crippen MR) is 136 cm³/mol. The highest BCUT2D eigenvalue weighted by Crippen LogP contribution is 2.27. The minimum atomic E-state index is -3.34. The number of carboxylic acid groups (broad SMARTS) is 2. The summed E-state index contributed by atoms with van der Waals surface area (Å²) in [6, 6.07) is 9.28. The molecule has 0 bridgehead atoms. The molecule has 0 aliphatic carbocycles. The maximum Gasteiger partial charge on any atom is 0.335 e. The lowest BCUT2D eigenvalue weighted by Crippen LogP contribution is -2.15. The molecule has 184 valence electrons. The van der Waals surface area contributed by atoms with Crippen LogP contribution in [0.4, 0.5) is 0 Å². The van der Waals surface area contributed by atoms with Crippen LogP contribution in [0.5, 0.6) is 0 Å². The van der Waals surface area contributed by atoms with E-state index in [-0.39, 0.29) is 15.8 Å². The van der Waals surface area contributed by atoms with Gasteiger partial charge in [0.25, 0.3) is 0 Å². The molecule has 2 aromatic carbocycles. The van der Waals surface area contributed by atoms with Crippen LogP contribution in [-0.4, -0.2) is 46.4 Å². The van der Waals surface area contributed by atoms with Crippen molar-refractivity contribution in [1.82, 2.24) is 0 Å². The molecular formula is C23H30Cl2O6S2. The van der Waals surface area contributed by atoms with E-state index in [4.69, 9.17) is 33.4 Å². The molecule has 6 nitrogen and oxygen atoms in total. The second-order valence-electron chi connectivity index (χ2n) is 7.43. The number of thioether (sulfide) groups is 1. The third-order valence-corrected chi connectivity index (χ3v) is 7.63. The largest absolute Gasteiger partial charge is 0.478 e. The fraction of sp³-hybridized carbons (Fsp3) is 0.391. The molecule has 0 aliphatic rings. The van der Waals surface area contributed by atoms with Crippen molar-refractivity contribution in [1.29, 1.82) is 0 Å². The summed E-state index contributed by atoms with van der Waals surface area (Å²) in [5, 5.41) is 17.7. The van der Waals surface area contributed by atoms with Crippen LogP contribution in [0.2, 0.25) is 0 Å². The molecule has 0 unspecified atom stereocenters. The van der Waals surface area contributed by atoms with Gasteiger partial charge in [-0.15, -0.1) is 35.0 Å². The first-order valence-corrected chi connectivity index (χ1v) is 13.4. The molecule has 0 radical (unpaired) electrons. The molecule has 0 heterocycles. The first-order valence-electron chi connectivity index (χ1n) is 9.89. The van der Waals surface area contributed by atoms with Crippen LogP contribution < -0.4 is 0 Å². The summed E-state index contributed by atoms with van der Waals surface area (Å²) in [5.41, 5.74) is 1.95. The van der Waals surface area contributed by atoms with Gasteiger partial charge in [0.15, 0.2) is 9.84 Å². The monoisotopic (exact) mass is 536 g/mol. The number of sulfone groups is 1. The Labute approximate surface area is 210 Å². The van der Waals surface area contributed by atoms with Gasteiger partial charge in [0.05, 0.1) is 26.6 Å². The third-order valence-electron chi connectivity index (χ3n) is 4.13. The smallest absolute Gasteiger partial charge is 0.335 e. The van der Waals surface area contributed by atoms with Crippen LogP contribution in [0.3, 0.4) is 0 Å². The van der Waals surface area contributed by atoms with Crippen molar-refractivity contribution < 1.29 is 28.2 Å². The van der Waals surface area contributed by atoms with Crippen LogP contribution in [0.25, 0.3) is 0 Å². The molecule has 10 heteroatoms. The van der Waals surface area contributed by atoms with Gasteiger partial charge in [-0.05, 0) is 75.2 Å².